The average molecular weight is 439 g/mol. The number of aromatic carboxylic acids is 1. The van der Waals surface area contributed by atoms with Crippen LogP contribution in [-0.4, -0.2) is 20.2 Å². The van der Waals surface area contributed by atoms with Gasteiger partial charge < -0.3 is 5.11 Å². The molecule has 4 aromatic rings. The van der Waals surface area contributed by atoms with E-state index in [2.05, 4.69) is 6.92 Å². The van der Waals surface area contributed by atoms with Crippen molar-refractivity contribution in [1.82, 2.24) is 9.13 Å². The van der Waals surface area contributed by atoms with Crippen LogP contribution in [0, 0.1) is 0 Å². The largest absolute Gasteiger partial charge is 0.478 e. The molecule has 1 N–H and O–H groups in total. The predicted octanol–water partition coefficient (Wildman–Crippen LogP) is 5.53. The molecule has 0 bridgehead atoms. The molecule has 166 valence electrons. The molecule has 0 amide bonds. The van der Waals surface area contributed by atoms with Crippen molar-refractivity contribution in [2.24, 2.45) is 0 Å². The molecule has 5 heteroatoms. The number of allylic oxidation sites excluding steroid dienone is 1. The van der Waals surface area contributed by atoms with E-state index >= 15 is 0 Å². The van der Waals surface area contributed by atoms with Gasteiger partial charge in [0, 0.05) is 6.20 Å². The summed E-state index contributed by atoms with van der Waals surface area (Å²) in [6.07, 6.45) is 6.82. The van der Waals surface area contributed by atoms with Gasteiger partial charge in [0.15, 0.2) is 0 Å². The standard InChI is InChI=1S/C28H26N2O3/c1-2-3-11-24-20-29(18-21-9-5-4-6-10-21)28(33)30(24)19-22-14-16-23(17-15-22)25-12-7-8-13-26(25)27(31)32/h3-17,20H,2,18-19H2,1H3,(H,31,32). The number of benzene rings is 3. The fourth-order valence-corrected chi connectivity index (χ4v) is 3.87. The van der Waals surface area contributed by atoms with Crippen LogP contribution in [0.4, 0.5) is 0 Å². The zero-order valence-electron chi connectivity index (χ0n) is 18.5. The first-order chi connectivity index (χ1) is 16.1. The Bertz CT molecular complexity index is 1330. The van der Waals surface area contributed by atoms with Gasteiger partial charge in [0.2, 0.25) is 0 Å². The van der Waals surface area contributed by atoms with Crippen LogP contribution in [0.25, 0.3) is 17.2 Å². The van der Waals surface area contributed by atoms with Gasteiger partial charge in [0.1, 0.15) is 0 Å². The molecule has 1 heterocycles. The van der Waals surface area contributed by atoms with Crippen molar-refractivity contribution in [2.75, 3.05) is 0 Å². The van der Waals surface area contributed by atoms with Gasteiger partial charge >= 0.3 is 11.7 Å². The highest BCUT2D eigenvalue weighted by Gasteiger charge is 2.13. The number of hydrogen-bond donors (Lipinski definition) is 1. The Morgan fingerprint density at radius 1 is 0.879 bits per heavy atom. The fraction of sp³-hybridized carbons (Fsp3) is 0.143. The topological polar surface area (TPSA) is 64.2 Å². The molecule has 4 rings (SSSR count). The molecule has 0 aliphatic carbocycles. The average Bonchev–Trinajstić information content (AvgIpc) is 3.13. The lowest BCUT2D eigenvalue weighted by Gasteiger charge is -2.09. The van der Waals surface area contributed by atoms with Crippen molar-refractivity contribution in [3.63, 3.8) is 0 Å². The van der Waals surface area contributed by atoms with Gasteiger partial charge in [-0.2, -0.15) is 0 Å². The van der Waals surface area contributed by atoms with E-state index in [1.165, 1.54) is 0 Å². The van der Waals surface area contributed by atoms with Gasteiger partial charge in [-0.1, -0.05) is 85.8 Å². The Balaban J connectivity index is 1.64. The fourth-order valence-electron chi connectivity index (χ4n) is 3.87. The molecule has 33 heavy (non-hydrogen) atoms. The zero-order valence-corrected chi connectivity index (χ0v) is 18.5. The molecule has 3 aromatic carbocycles. The summed E-state index contributed by atoms with van der Waals surface area (Å²) in [6.45, 7) is 3.02. The van der Waals surface area contributed by atoms with Crippen LogP contribution in [0.5, 0.6) is 0 Å². The van der Waals surface area contributed by atoms with Crippen molar-refractivity contribution in [2.45, 2.75) is 26.4 Å². The second-order valence-electron chi connectivity index (χ2n) is 7.89. The van der Waals surface area contributed by atoms with Gasteiger partial charge in [-0.25, -0.2) is 9.59 Å². The summed E-state index contributed by atoms with van der Waals surface area (Å²) in [7, 11) is 0. The lowest BCUT2D eigenvalue weighted by Crippen LogP contribution is -2.25. The highest BCUT2D eigenvalue weighted by atomic mass is 16.4. The Kier molecular flexibility index (Phi) is 6.69. The van der Waals surface area contributed by atoms with E-state index in [9.17, 15) is 14.7 Å². The monoisotopic (exact) mass is 438 g/mol. The highest BCUT2D eigenvalue weighted by molar-refractivity contribution is 5.95. The number of rotatable bonds is 8. The Labute approximate surface area is 192 Å². The smallest absolute Gasteiger partial charge is 0.336 e. The summed E-state index contributed by atoms with van der Waals surface area (Å²) in [6, 6.07) is 24.6. The van der Waals surface area contributed by atoms with Gasteiger partial charge in [0.05, 0.1) is 24.3 Å². The number of carboxylic acids is 1. The van der Waals surface area contributed by atoms with Crippen molar-refractivity contribution in [3.05, 3.63) is 124 Å². The normalized spacial score (nSPS) is 11.2. The number of imidazole rings is 1. The summed E-state index contributed by atoms with van der Waals surface area (Å²) in [4.78, 5) is 24.7. The van der Waals surface area contributed by atoms with E-state index in [4.69, 9.17) is 0 Å². The van der Waals surface area contributed by atoms with E-state index < -0.39 is 5.97 Å². The third-order valence-corrected chi connectivity index (χ3v) is 5.56. The summed E-state index contributed by atoms with van der Waals surface area (Å²) in [5.74, 6) is -0.951. The number of aromatic nitrogens is 2. The van der Waals surface area contributed by atoms with Crippen LogP contribution in [0.1, 0.15) is 40.5 Å². The second kappa shape index (κ2) is 10.0. The number of nitrogens with zero attached hydrogens (tertiary/aromatic N) is 2. The van der Waals surface area contributed by atoms with Gasteiger partial charge in [-0.3, -0.25) is 9.13 Å². The third-order valence-electron chi connectivity index (χ3n) is 5.56. The van der Waals surface area contributed by atoms with Gasteiger partial charge in [-0.15, -0.1) is 0 Å². The third kappa shape index (κ3) is 5.04. The van der Waals surface area contributed by atoms with Crippen molar-refractivity contribution in [1.29, 1.82) is 0 Å². The molecule has 0 atom stereocenters. The first-order valence-electron chi connectivity index (χ1n) is 11.0. The SMILES string of the molecule is CCC=Cc1cn(Cc2ccccc2)c(=O)n1Cc1ccc(-c2ccccc2C(=O)O)cc1. The van der Waals surface area contributed by atoms with Crippen LogP contribution in [0.3, 0.4) is 0 Å². The molecule has 0 aliphatic rings. The molecule has 1 aromatic heterocycles. The van der Waals surface area contributed by atoms with E-state index in [0.717, 1.165) is 28.8 Å². The van der Waals surface area contributed by atoms with Crippen LogP contribution >= 0.6 is 0 Å². The minimum atomic E-state index is -0.951. The van der Waals surface area contributed by atoms with Crippen LogP contribution in [-0.2, 0) is 13.1 Å². The molecular formula is C28H26N2O3. The molecule has 0 aliphatic heterocycles. The van der Waals surface area contributed by atoms with E-state index in [-0.39, 0.29) is 11.3 Å². The van der Waals surface area contributed by atoms with Crippen molar-refractivity contribution < 1.29 is 9.90 Å². The molecule has 0 radical (unpaired) electrons. The lowest BCUT2D eigenvalue weighted by atomic mass is 9.99. The zero-order chi connectivity index (χ0) is 23.2. The van der Waals surface area contributed by atoms with E-state index in [0.29, 0.717) is 18.7 Å². The van der Waals surface area contributed by atoms with Crippen molar-refractivity contribution in [3.8, 4) is 11.1 Å². The Morgan fingerprint density at radius 3 is 2.24 bits per heavy atom. The van der Waals surface area contributed by atoms with Crippen LogP contribution in [0.2, 0.25) is 0 Å². The Hall–Kier alpha value is -4.12. The number of carbonyl (C=O) groups is 1. The van der Waals surface area contributed by atoms with Crippen LogP contribution < -0.4 is 5.69 Å². The molecule has 0 unspecified atom stereocenters. The number of carboxylic acid groups (broad SMARTS) is 1. The first kappa shape index (κ1) is 22.1. The van der Waals surface area contributed by atoms with Crippen LogP contribution in [0.15, 0.2) is 95.9 Å². The van der Waals surface area contributed by atoms with Crippen molar-refractivity contribution >= 4 is 12.0 Å². The maximum Gasteiger partial charge on any atom is 0.336 e. The Morgan fingerprint density at radius 2 is 1.55 bits per heavy atom. The second-order valence-corrected chi connectivity index (χ2v) is 7.89. The van der Waals surface area contributed by atoms with Gasteiger partial charge in [-0.05, 0) is 40.8 Å². The summed E-state index contributed by atoms with van der Waals surface area (Å²) in [5.41, 5.74) is 4.62. The predicted molar refractivity (Wildman–Crippen MR) is 132 cm³/mol. The lowest BCUT2D eigenvalue weighted by molar-refractivity contribution is 0.0697. The summed E-state index contributed by atoms with van der Waals surface area (Å²) >= 11 is 0. The maximum absolute atomic E-state index is 13.2. The number of hydrogen-bond acceptors (Lipinski definition) is 2. The molecular weight excluding hydrogens is 412 g/mol. The molecule has 0 saturated carbocycles. The molecule has 0 saturated heterocycles. The maximum atomic E-state index is 13.2. The minimum Gasteiger partial charge on any atom is -0.478 e. The summed E-state index contributed by atoms with van der Waals surface area (Å²) in [5, 5.41) is 9.47. The highest BCUT2D eigenvalue weighted by Crippen LogP contribution is 2.24. The minimum absolute atomic E-state index is 0.0603. The molecule has 0 fully saturated rings. The molecule has 5 nitrogen and oxygen atoms in total. The quantitative estimate of drug-likeness (QED) is 0.393. The van der Waals surface area contributed by atoms with Gasteiger partial charge in [0.25, 0.3) is 0 Å². The molecule has 0 spiro atoms. The van der Waals surface area contributed by atoms with E-state index in [1.807, 2.05) is 79.0 Å². The summed E-state index contributed by atoms with van der Waals surface area (Å²) < 4.78 is 3.51. The van der Waals surface area contributed by atoms with E-state index in [1.54, 1.807) is 27.3 Å². The first-order valence-corrected chi connectivity index (χ1v) is 11.0.